The first-order chi connectivity index (χ1) is 11.5. The highest BCUT2D eigenvalue weighted by Gasteiger charge is 2.35. The zero-order chi connectivity index (χ0) is 17.3. The highest BCUT2D eigenvalue weighted by molar-refractivity contribution is 7.17. The van der Waals surface area contributed by atoms with E-state index in [1.165, 1.54) is 19.0 Å². The van der Waals surface area contributed by atoms with Crippen LogP contribution in [0.5, 0.6) is 5.19 Å². The molecule has 0 radical (unpaired) electrons. The summed E-state index contributed by atoms with van der Waals surface area (Å²) in [6.45, 7) is -0.273. The lowest BCUT2D eigenvalue weighted by Crippen LogP contribution is -2.34. The van der Waals surface area contributed by atoms with Crippen LogP contribution >= 0.6 is 11.3 Å². The second-order valence-corrected chi connectivity index (χ2v) is 5.74. The third-order valence-electron chi connectivity index (χ3n) is 3.40. The van der Waals surface area contributed by atoms with Crippen molar-refractivity contribution in [3.05, 3.63) is 35.4 Å². The van der Waals surface area contributed by atoms with Crippen LogP contribution in [0.3, 0.4) is 0 Å². The van der Waals surface area contributed by atoms with Crippen molar-refractivity contribution in [3.63, 3.8) is 0 Å². The molecule has 2 aromatic rings. The number of carbonyl (C=O) groups excluding carboxylic acids is 3. The maximum atomic E-state index is 12.2. The number of carbonyl (C=O) groups is 3. The van der Waals surface area contributed by atoms with Crippen molar-refractivity contribution in [1.29, 1.82) is 0 Å². The van der Waals surface area contributed by atoms with Gasteiger partial charge in [0.1, 0.15) is 0 Å². The van der Waals surface area contributed by atoms with Crippen LogP contribution in [0.2, 0.25) is 0 Å². The first-order valence-corrected chi connectivity index (χ1v) is 7.71. The summed E-state index contributed by atoms with van der Waals surface area (Å²) in [4.78, 5) is 38.2. The number of nitrogens with one attached hydrogen (secondary N) is 1. The molecule has 1 aromatic heterocycles. The fourth-order valence-electron chi connectivity index (χ4n) is 2.13. The molecule has 24 heavy (non-hydrogen) atoms. The summed E-state index contributed by atoms with van der Waals surface area (Å²) in [7, 11) is 3.03. The summed E-state index contributed by atoms with van der Waals surface area (Å²) in [5, 5.41) is 10.6. The Labute approximate surface area is 140 Å². The fraction of sp³-hybridized carbons (Fsp3) is 0.214. The lowest BCUT2D eigenvalue weighted by molar-refractivity contribution is 0.0521. The second-order valence-electron chi connectivity index (χ2n) is 4.82. The number of fused-ring (bicyclic) bond motifs is 1. The summed E-state index contributed by atoms with van der Waals surface area (Å²) in [6.07, 6.45) is 0. The van der Waals surface area contributed by atoms with E-state index in [1.807, 2.05) is 0 Å². The van der Waals surface area contributed by atoms with Crippen LogP contribution in [0.1, 0.15) is 20.7 Å². The smallest absolute Gasteiger partial charge is 0.323 e. The van der Waals surface area contributed by atoms with Crippen LogP contribution in [0.25, 0.3) is 0 Å². The molecule has 0 aliphatic carbocycles. The average Bonchev–Trinajstić information content (AvgIpc) is 3.17. The zero-order valence-electron chi connectivity index (χ0n) is 12.8. The number of amides is 4. The van der Waals surface area contributed by atoms with E-state index in [0.717, 1.165) is 16.2 Å². The van der Waals surface area contributed by atoms with E-state index in [4.69, 9.17) is 4.74 Å². The number of urea groups is 1. The predicted molar refractivity (Wildman–Crippen MR) is 85.2 cm³/mol. The molecule has 0 atom stereocenters. The van der Waals surface area contributed by atoms with Gasteiger partial charge in [0, 0.05) is 14.1 Å². The Morgan fingerprint density at radius 2 is 1.88 bits per heavy atom. The van der Waals surface area contributed by atoms with Gasteiger partial charge in [-0.3, -0.25) is 14.5 Å². The molecule has 1 aliphatic heterocycles. The topological polar surface area (TPSA) is 105 Å². The Kier molecular flexibility index (Phi) is 4.13. The minimum Gasteiger partial charge on any atom is -0.447 e. The van der Waals surface area contributed by atoms with Crippen molar-refractivity contribution >= 4 is 34.3 Å². The molecule has 0 unspecified atom stereocenters. The van der Waals surface area contributed by atoms with Crippen LogP contribution in [-0.4, -0.2) is 53.8 Å². The van der Waals surface area contributed by atoms with Crippen LogP contribution < -0.4 is 15.0 Å². The van der Waals surface area contributed by atoms with Gasteiger partial charge in [0.25, 0.3) is 17.0 Å². The highest BCUT2D eigenvalue weighted by atomic mass is 32.1. The number of anilines is 1. The molecule has 10 heteroatoms. The van der Waals surface area contributed by atoms with Gasteiger partial charge < -0.3 is 10.1 Å². The standard InChI is InChI=1S/C14H13N5O4S/c1-15-12(22)18(2)13-16-17-14(24-13)23-7-19-10(20)8-5-3-4-6-9(8)11(19)21/h3-6H,7H2,1-2H3,(H,15,22). The first kappa shape index (κ1) is 15.9. The molecule has 0 spiro atoms. The van der Waals surface area contributed by atoms with Gasteiger partial charge in [0.15, 0.2) is 6.73 Å². The number of nitrogens with zero attached hydrogens (tertiary/aromatic N) is 4. The fourth-order valence-corrected chi connectivity index (χ4v) is 2.78. The Morgan fingerprint density at radius 1 is 1.25 bits per heavy atom. The van der Waals surface area contributed by atoms with E-state index in [2.05, 4.69) is 15.5 Å². The molecule has 0 bridgehead atoms. The third kappa shape index (κ3) is 2.67. The molecule has 1 aliphatic rings. The average molecular weight is 347 g/mol. The Balaban J connectivity index is 1.67. The Bertz CT molecular complexity index is 786. The van der Waals surface area contributed by atoms with Gasteiger partial charge in [-0.1, -0.05) is 17.2 Å². The summed E-state index contributed by atoms with van der Waals surface area (Å²) in [6, 6.07) is 6.23. The number of hydrogen-bond acceptors (Lipinski definition) is 7. The predicted octanol–water partition coefficient (Wildman–Crippen LogP) is 0.946. The molecular weight excluding hydrogens is 334 g/mol. The monoisotopic (exact) mass is 347 g/mol. The minimum absolute atomic E-state index is 0.150. The van der Waals surface area contributed by atoms with Crippen LogP contribution in [0.15, 0.2) is 24.3 Å². The maximum Gasteiger partial charge on any atom is 0.323 e. The Hall–Kier alpha value is -3.01. The van der Waals surface area contributed by atoms with Crippen LogP contribution in [0, 0.1) is 0 Å². The molecule has 0 fully saturated rings. The van der Waals surface area contributed by atoms with Crippen LogP contribution in [-0.2, 0) is 0 Å². The van der Waals surface area contributed by atoms with Gasteiger partial charge in [0.05, 0.1) is 11.1 Å². The summed E-state index contributed by atoms with van der Waals surface area (Å²) in [5.74, 6) is -0.828. The van der Waals surface area contributed by atoms with Crippen molar-refractivity contribution < 1.29 is 19.1 Å². The van der Waals surface area contributed by atoms with E-state index in [1.54, 1.807) is 24.3 Å². The van der Waals surface area contributed by atoms with Gasteiger partial charge in [-0.25, -0.2) is 9.69 Å². The molecule has 1 aromatic carbocycles. The summed E-state index contributed by atoms with van der Waals surface area (Å²) in [5.41, 5.74) is 0.701. The lowest BCUT2D eigenvalue weighted by Gasteiger charge is -2.13. The number of aromatic nitrogens is 2. The van der Waals surface area contributed by atoms with E-state index in [9.17, 15) is 14.4 Å². The minimum atomic E-state index is -0.414. The second kappa shape index (κ2) is 6.24. The molecule has 2 heterocycles. The SMILES string of the molecule is CNC(=O)N(C)c1nnc(OCN2C(=O)c3ccccc3C2=O)s1. The lowest BCUT2D eigenvalue weighted by atomic mass is 10.1. The van der Waals surface area contributed by atoms with Crippen molar-refractivity contribution in [2.45, 2.75) is 0 Å². The first-order valence-electron chi connectivity index (χ1n) is 6.90. The van der Waals surface area contributed by atoms with Crippen molar-refractivity contribution in [1.82, 2.24) is 20.4 Å². The maximum absolute atomic E-state index is 12.2. The van der Waals surface area contributed by atoms with Crippen molar-refractivity contribution in [3.8, 4) is 5.19 Å². The van der Waals surface area contributed by atoms with E-state index in [0.29, 0.717) is 16.3 Å². The van der Waals surface area contributed by atoms with Crippen molar-refractivity contribution in [2.24, 2.45) is 0 Å². The van der Waals surface area contributed by atoms with E-state index in [-0.39, 0.29) is 18.0 Å². The molecule has 3 rings (SSSR count). The molecule has 1 N–H and O–H groups in total. The van der Waals surface area contributed by atoms with Crippen molar-refractivity contribution in [2.75, 3.05) is 25.7 Å². The van der Waals surface area contributed by atoms with E-state index >= 15 is 0 Å². The molecule has 0 saturated carbocycles. The molecule has 124 valence electrons. The third-order valence-corrected chi connectivity index (χ3v) is 4.31. The summed E-state index contributed by atoms with van der Waals surface area (Å²) >= 11 is 1.03. The van der Waals surface area contributed by atoms with Gasteiger partial charge in [-0.2, -0.15) is 0 Å². The van der Waals surface area contributed by atoms with E-state index < -0.39 is 11.8 Å². The summed E-state index contributed by atoms with van der Waals surface area (Å²) < 4.78 is 5.38. The number of ether oxygens (including phenoxy) is 1. The van der Waals surface area contributed by atoms with Gasteiger partial charge >= 0.3 is 6.03 Å². The normalized spacial score (nSPS) is 13.0. The number of imide groups is 1. The zero-order valence-corrected chi connectivity index (χ0v) is 13.7. The molecule has 9 nitrogen and oxygen atoms in total. The molecule has 4 amide bonds. The number of benzene rings is 1. The quantitative estimate of drug-likeness (QED) is 0.826. The van der Waals surface area contributed by atoms with Gasteiger partial charge in [0.2, 0.25) is 5.13 Å². The molecule has 0 saturated heterocycles. The van der Waals surface area contributed by atoms with Gasteiger partial charge in [-0.05, 0) is 23.5 Å². The molecular formula is C14H13N5O4S. The van der Waals surface area contributed by atoms with Gasteiger partial charge in [-0.15, -0.1) is 5.10 Å². The van der Waals surface area contributed by atoms with Crippen LogP contribution in [0.4, 0.5) is 9.93 Å². The highest BCUT2D eigenvalue weighted by Crippen LogP contribution is 2.27. The largest absolute Gasteiger partial charge is 0.447 e. The number of hydrogen-bond donors (Lipinski definition) is 1. The number of rotatable bonds is 4. The Morgan fingerprint density at radius 3 is 2.46 bits per heavy atom.